The summed E-state index contributed by atoms with van der Waals surface area (Å²) >= 11 is 0. The van der Waals surface area contributed by atoms with Crippen LogP contribution in [0.3, 0.4) is 0 Å². The van der Waals surface area contributed by atoms with E-state index >= 15 is 0 Å². The first-order chi connectivity index (χ1) is 6.69. The summed E-state index contributed by atoms with van der Waals surface area (Å²) in [6.07, 6.45) is 0.755. The lowest BCUT2D eigenvalue weighted by atomic mass is 9.83. The van der Waals surface area contributed by atoms with Crippen LogP contribution in [-0.2, 0) is 9.53 Å². The average molecular weight is 236 g/mol. The van der Waals surface area contributed by atoms with Crippen molar-refractivity contribution in [1.82, 2.24) is 10.6 Å². The summed E-state index contributed by atoms with van der Waals surface area (Å²) in [5.74, 6) is -0.348. The maximum Gasteiger partial charge on any atom is 0.322 e. The molecule has 2 aliphatic rings. The van der Waals surface area contributed by atoms with Gasteiger partial charge in [0, 0.05) is 19.1 Å². The molecule has 15 heavy (non-hydrogen) atoms. The van der Waals surface area contributed by atoms with Crippen molar-refractivity contribution in [3.63, 3.8) is 0 Å². The van der Waals surface area contributed by atoms with Gasteiger partial charge in [0.2, 0.25) is 0 Å². The van der Waals surface area contributed by atoms with Crippen LogP contribution < -0.4 is 16.4 Å². The molecular weight excluding hydrogens is 222 g/mol. The Morgan fingerprint density at radius 2 is 2.27 bits per heavy atom. The maximum absolute atomic E-state index is 11.6. The molecule has 2 atom stereocenters. The van der Waals surface area contributed by atoms with Gasteiger partial charge in [-0.1, -0.05) is 0 Å². The molecule has 0 aromatic heterocycles. The van der Waals surface area contributed by atoms with Crippen LogP contribution in [0, 0.1) is 5.92 Å². The first-order valence-corrected chi connectivity index (χ1v) is 4.60. The fourth-order valence-electron chi connectivity index (χ4n) is 2.03. The summed E-state index contributed by atoms with van der Waals surface area (Å²) in [7, 11) is 0. The van der Waals surface area contributed by atoms with Crippen molar-refractivity contribution >= 4 is 24.3 Å². The molecule has 86 valence electrons. The van der Waals surface area contributed by atoms with Crippen LogP contribution >= 0.6 is 12.4 Å². The molecule has 2 rings (SSSR count). The Kier molecular flexibility index (Phi) is 3.54. The minimum Gasteiger partial charge on any atom is -0.381 e. The van der Waals surface area contributed by atoms with Gasteiger partial charge in [0.15, 0.2) is 0 Å². The van der Waals surface area contributed by atoms with Gasteiger partial charge in [0.25, 0.3) is 5.91 Å². The van der Waals surface area contributed by atoms with Gasteiger partial charge in [-0.3, -0.25) is 10.1 Å². The minimum absolute atomic E-state index is 0. The highest BCUT2D eigenvalue weighted by molar-refractivity contribution is 6.07. The van der Waals surface area contributed by atoms with Crippen molar-refractivity contribution in [3.05, 3.63) is 0 Å². The highest BCUT2D eigenvalue weighted by Gasteiger charge is 2.51. The molecule has 0 radical (unpaired) electrons. The third-order valence-corrected chi connectivity index (χ3v) is 2.92. The summed E-state index contributed by atoms with van der Waals surface area (Å²) in [5.41, 5.74) is 4.62. The number of hydrogen-bond donors (Lipinski definition) is 3. The molecule has 0 spiro atoms. The van der Waals surface area contributed by atoms with Gasteiger partial charge in [-0.25, -0.2) is 4.79 Å². The van der Waals surface area contributed by atoms with E-state index in [-0.39, 0.29) is 30.8 Å². The molecule has 0 bridgehead atoms. The van der Waals surface area contributed by atoms with Crippen molar-refractivity contribution < 1.29 is 14.3 Å². The second-order valence-electron chi connectivity index (χ2n) is 3.64. The summed E-state index contributed by atoms with van der Waals surface area (Å²) in [6.45, 7) is 1.21. The first-order valence-electron chi connectivity index (χ1n) is 4.60. The quantitative estimate of drug-likeness (QED) is 0.534. The van der Waals surface area contributed by atoms with Crippen LogP contribution in [0.4, 0.5) is 4.79 Å². The Bertz CT molecular complexity index is 280. The predicted molar refractivity (Wildman–Crippen MR) is 54.6 cm³/mol. The number of nitrogens with one attached hydrogen (secondary N) is 2. The van der Waals surface area contributed by atoms with E-state index in [0.717, 1.165) is 6.42 Å². The molecule has 2 unspecified atom stereocenters. The molecule has 2 fully saturated rings. The van der Waals surface area contributed by atoms with Gasteiger partial charge in [-0.15, -0.1) is 12.4 Å². The topological polar surface area (TPSA) is 93.4 Å². The van der Waals surface area contributed by atoms with Crippen LogP contribution in [0.25, 0.3) is 0 Å². The number of imide groups is 1. The van der Waals surface area contributed by atoms with E-state index in [1.165, 1.54) is 0 Å². The largest absolute Gasteiger partial charge is 0.381 e. The molecule has 0 saturated carbocycles. The Labute approximate surface area is 93.3 Å². The highest BCUT2D eigenvalue weighted by atomic mass is 35.5. The van der Waals surface area contributed by atoms with Gasteiger partial charge in [0.05, 0.1) is 6.61 Å². The molecule has 0 aromatic rings. The van der Waals surface area contributed by atoms with E-state index in [4.69, 9.17) is 10.5 Å². The Morgan fingerprint density at radius 1 is 1.53 bits per heavy atom. The summed E-state index contributed by atoms with van der Waals surface area (Å²) in [4.78, 5) is 22.6. The first kappa shape index (κ1) is 12.2. The third-order valence-electron chi connectivity index (χ3n) is 2.92. The lowest BCUT2D eigenvalue weighted by Gasteiger charge is -2.29. The van der Waals surface area contributed by atoms with Gasteiger partial charge in [0.1, 0.15) is 5.54 Å². The smallest absolute Gasteiger partial charge is 0.322 e. The fourth-order valence-corrected chi connectivity index (χ4v) is 2.03. The molecule has 7 heteroatoms. The maximum atomic E-state index is 11.6. The van der Waals surface area contributed by atoms with E-state index in [9.17, 15) is 9.59 Å². The molecule has 2 aliphatic heterocycles. The van der Waals surface area contributed by atoms with Crippen molar-refractivity contribution in [2.45, 2.75) is 12.0 Å². The van der Waals surface area contributed by atoms with E-state index in [2.05, 4.69) is 10.6 Å². The molecule has 2 saturated heterocycles. The number of nitrogens with two attached hydrogens (primary N) is 1. The molecule has 2 heterocycles. The zero-order valence-electron chi connectivity index (χ0n) is 8.12. The highest BCUT2D eigenvalue weighted by Crippen LogP contribution is 2.27. The van der Waals surface area contributed by atoms with Crippen LogP contribution in [0.5, 0.6) is 0 Å². The van der Waals surface area contributed by atoms with Gasteiger partial charge in [-0.2, -0.15) is 0 Å². The summed E-state index contributed by atoms with van der Waals surface area (Å²) < 4.78 is 5.19. The number of carbonyl (C=O) groups excluding carboxylic acids is 2. The van der Waals surface area contributed by atoms with Crippen LogP contribution in [0.1, 0.15) is 6.42 Å². The van der Waals surface area contributed by atoms with Gasteiger partial charge < -0.3 is 15.8 Å². The van der Waals surface area contributed by atoms with Crippen molar-refractivity contribution in [2.75, 3.05) is 19.8 Å². The number of halogens is 1. The Morgan fingerprint density at radius 3 is 2.67 bits per heavy atom. The number of hydrogen-bond acceptors (Lipinski definition) is 4. The van der Waals surface area contributed by atoms with E-state index in [1.807, 2.05) is 0 Å². The van der Waals surface area contributed by atoms with Gasteiger partial charge in [-0.05, 0) is 6.42 Å². The molecule has 0 aliphatic carbocycles. The molecular formula is C8H14ClN3O3. The lowest BCUT2D eigenvalue weighted by Crippen LogP contribution is -2.58. The molecule has 3 amide bonds. The van der Waals surface area contributed by atoms with Crippen LogP contribution in [-0.4, -0.2) is 37.2 Å². The standard InChI is InChI=1S/C8H13N3O3.ClH/c9-4-8(5-1-2-14-3-5)6(12)10-7(13)11-8;/h5H,1-4,9H2,(H2,10,11,12,13);1H. The number of carbonyl (C=O) groups is 2. The van der Waals surface area contributed by atoms with E-state index in [0.29, 0.717) is 13.2 Å². The Balaban J connectivity index is 0.00000112. The minimum atomic E-state index is -0.951. The number of amides is 3. The third kappa shape index (κ3) is 1.80. The van der Waals surface area contributed by atoms with Crippen LogP contribution in [0.2, 0.25) is 0 Å². The molecule has 6 nitrogen and oxygen atoms in total. The zero-order valence-corrected chi connectivity index (χ0v) is 8.93. The fraction of sp³-hybridized carbons (Fsp3) is 0.750. The normalized spacial score (nSPS) is 34.6. The van der Waals surface area contributed by atoms with Crippen molar-refractivity contribution in [3.8, 4) is 0 Å². The zero-order chi connectivity index (χ0) is 10.2. The van der Waals surface area contributed by atoms with Gasteiger partial charge >= 0.3 is 6.03 Å². The lowest BCUT2D eigenvalue weighted by molar-refractivity contribution is -0.125. The monoisotopic (exact) mass is 235 g/mol. The second kappa shape index (κ2) is 4.34. The SMILES string of the molecule is Cl.NCC1(C2CCOC2)NC(=O)NC1=O. The summed E-state index contributed by atoms with van der Waals surface area (Å²) in [5, 5.41) is 4.82. The van der Waals surface area contributed by atoms with Crippen molar-refractivity contribution in [2.24, 2.45) is 11.7 Å². The molecule has 4 N–H and O–H groups in total. The predicted octanol–water partition coefficient (Wildman–Crippen LogP) is -1.02. The molecule has 0 aromatic carbocycles. The average Bonchev–Trinajstić information content (AvgIpc) is 2.73. The number of urea groups is 1. The second-order valence-corrected chi connectivity index (χ2v) is 3.64. The van der Waals surface area contributed by atoms with Crippen molar-refractivity contribution in [1.29, 1.82) is 0 Å². The number of rotatable bonds is 2. The Hall–Kier alpha value is -0.850. The van der Waals surface area contributed by atoms with Crippen LogP contribution in [0.15, 0.2) is 0 Å². The van der Waals surface area contributed by atoms with E-state index in [1.54, 1.807) is 0 Å². The van der Waals surface area contributed by atoms with E-state index < -0.39 is 11.6 Å². The number of ether oxygens (including phenoxy) is 1. The summed E-state index contributed by atoms with van der Waals surface area (Å²) in [6, 6.07) is -0.465.